The van der Waals surface area contributed by atoms with Gasteiger partial charge in [0.05, 0.1) is 4.92 Å². The average molecular weight is 269 g/mol. The Bertz CT molecular complexity index is 464. The zero-order valence-electron chi connectivity index (χ0n) is 9.58. The first-order valence-electron chi connectivity index (χ1n) is 5.48. The van der Waals surface area contributed by atoms with Crippen LogP contribution in [0.5, 0.6) is 0 Å². The summed E-state index contributed by atoms with van der Waals surface area (Å²) in [6, 6.07) is 2.94. The predicted octanol–water partition coefficient (Wildman–Crippen LogP) is 2.24. The van der Waals surface area contributed by atoms with E-state index < -0.39 is 10.9 Å². The molecule has 1 aliphatic rings. The van der Waals surface area contributed by atoms with Gasteiger partial charge in [0.2, 0.25) is 5.95 Å². The molecule has 1 saturated heterocycles. The van der Waals surface area contributed by atoms with Crippen LogP contribution in [0, 0.1) is 16.1 Å². The molecule has 96 valence electrons. The molecule has 0 N–H and O–H groups in total. The van der Waals surface area contributed by atoms with E-state index in [1.54, 1.807) is 6.07 Å². The van der Waals surface area contributed by atoms with E-state index >= 15 is 0 Å². The molecule has 0 saturated carbocycles. The van der Waals surface area contributed by atoms with Crippen LogP contribution in [0.15, 0.2) is 29.6 Å². The molecular formula is C11H12FN3O2S. The Labute approximate surface area is 108 Å². The van der Waals surface area contributed by atoms with Crippen LogP contribution in [0.2, 0.25) is 0 Å². The molecule has 0 bridgehead atoms. The van der Waals surface area contributed by atoms with Gasteiger partial charge in [0.15, 0.2) is 0 Å². The molecule has 7 heteroatoms. The summed E-state index contributed by atoms with van der Waals surface area (Å²) in [5, 5.41) is 11.2. The van der Waals surface area contributed by atoms with Crippen LogP contribution in [0.25, 0.3) is 0 Å². The number of halogens is 1. The molecule has 1 aromatic heterocycles. The summed E-state index contributed by atoms with van der Waals surface area (Å²) in [5.41, 5.74) is 0.841. The molecule has 0 aliphatic carbocycles. The highest BCUT2D eigenvalue weighted by Gasteiger charge is 2.18. The van der Waals surface area contributed by atoms with Crippen molar-refractivity contribution in [2.24, 2.45) is 0 Å². The van der Waals surface area contributed by atoms with Crippen LogP contribution in [-0.2, 0) is 6.54 Å². The van der Waals surface area contributed by atoms with Crippen molar-refractivity contribution in [2.45, 2.75) is 13.0 Å². The van der Waals surface area contributed by atoms with Crippen molar-refractivity contribution in [3.63, 3.8) is 0 Å². The highest BCUT2D eigenvalue weighted by Crippen LogP contribution is 2.28. The van der Waals surface area contributed by atoms with Gasteiger partial charge < -0.3 is 4.90 Å². The van der Waals surface area contributed by atoms with Gasteiger partial charge in [0, 0.05) is 25.0 Å². The first-order valence-corrected chi connectivity index (χ1v) is 6.47. The normalized spacial score (nSPS) is 18.1. The van der Waals surface area contributed by atoms with Crippen molar-refractivity contribution in [1.82, 2.24) is 9.88 Å². The summed E-state index contributed by atoms with van der Waals surface area (Å²) in [6.07, 6.45) is 3.47. The Morgan fingerprint density at radius 3 is 3.11 bits per heavy atom. The summed E-state index contributed by atoms with van der Waals surface area (Å²) >= 11 is 1.47. The third kappa shape index (κ3) is 3.43. The standard InChI is InChI=1S/C11H12FN3O2S/c12-10-3-2-9(6-13-10)7-14-4-1-5-18-11(14)8-15(16)17/h2-3,6,8H,1,4-5,7H2/b11-8-. The maximum absolute atomic E-state index is 12.7. The smallest absolute Gasteiger partial charge is 0.264 e. The third-order valence-electron chi connectivity index (χ3n) is 2.51. The topological polar surface area (TPSA) is 59.3 Å². The minimum Gasteiger partial charge on any atom is -0.357 e. The van der Waals surface area contributed by atoms with Gasteiger partial charge >= 0.3 is 0 Å². The second kappa shape index (κ2) is 5.81. The first-order chi connectivity index (χ1) is 8.65. The van der Waals surface area contributed by atoms with Crippen LogP contribution in [-0.4, -0.2) is 27.1 Å². The fourth-order valence-electron chi connectivity index (χ4n) is 1.72. The van der Waals surface area contributed by atoms with Crippen LogP contribution in [0.3, 0.4) is 0 Å². The lowest BCUT2D eigenvalue weighted by molar-refractivity contribution is -0.403. The summed E-state index contributed by atoms with van der Waals surface area (Å²) in [4.78, 5) is 15.6. The van der Waals surface area contributed by atoms with Crippen molar-refractivity contribution >= 4 is 11.8 Å². The van der Waals surface area contributed by atoms with Gasteiger partial charge in [-0.3, -0.25) is 10.1 Å². The Hall–Kier alpha value is -1.63. The molecule has 2 heterocycles. The van der Waals surface area contributed by atoms with E-state index in [1.807, 2.05) is 4.90 Å². The van der Waals surface area contributed by atoms with Gasteiger partial charge in [-0.25, -0.2) is 4.98 Å². The average Bonchev–Trinajstić information content (AvgIpc) is 2.34. The van der Waals surface area contributed by atoms with Crippen molar-refractivity contribution < 1.29 is 9.31 Å². The fraction of sp³-hybridized carbons (Fsp3) is 0.364. The maximum Gasteiger partial charge on any atom is 0.264 e. The molecule has 0 radical (unpaired) electrons. The van der Waals surface area contributed by atoms with Crippen LogP contribution in [0.1, 0.15) is 12.0 Å². The lowest BCUT2D eigenvalue weighted by Gasteiger charge is -2.29. The molecule has 5 nitrogen and oxygen atoms in total. The Morgan fingerprint density at radius 1 is 1.61 bits per heavy atom. The van der Waals surface area contributed by atoms with E-state index in [0.717, 1.165) is 30.5 Å². The highest BCUT2D eigenvalue weighted by atomic mass is 32.2. The zero-order chi connectivity index (χ0) is 13.0. The minimum absolute atomic E-state index is 0.441. The van der Waals surface area contributed by atoms with Crippen LogP contribution >= 0.6 is 11.8 Å². The Morgan fingerprint density at radius 2 is 2.44 bits per heavy atom. The molecule has 0 amide bonds. The lowest BCUT2D eigenvalue weighted by atomic mass is 10.2. The van der Waals surface area contributed by atoms with E-state index in [-0.39, 0.29) is 0 Å². The van der Waals surface area contributed by atoms with E-state index in [1.165, 1.54) is 24.0 Å². The number of aromatic nitrogens is 1. The van der Waals surface area contributed by atoms with Gasteiger partial charge in [0.25, 0.3) is 6.20 Å². The predicted molar refractivity (Wildman–Crippen MR) is 66.8 cm³/mol. The van der Waals surface area contributed by atoms with Gasteiger partial charge in [-0.05, 0) is 18.1 Å². The molecule has 0 aromatic carbocycles. The van der Waals surface area contributed by atoms with Gasteiger partial charge in [-0.2, -0.15) is 4.39 Å². The number of hydrogen-bond donors (Lipinski definition) is 0. The number of hydrogen-bond acceptors (Lipinski definition) is 5. The van der Waals surface area contributed by atoms with E-state index in [0.29, 0.717) is 11.6 Å². The second-order valence-electron chi connectivity index (χ2n) is 3.87. The third-order valence-corrected chi connectivity index (χ3v) is 3.66. The number of nitrogens with zero attached hydrogens (tertiary/aromatic N) is 3. The summed E-state index contributed by atoms with van der Waals surface area (Å²) in [7, 11) is 0. The van der Waals surface area contributed by atoms with E-state index in [4.69, 9.17) is 0 Å². The summed E-state index contributed by atoms with van der Waals surface area (Å²) in [6.45, 7) is 1.28. The number of pyridine rings is 1. The summed E-state index contributed by atoms with van der Waals surface area (Å²) < 4.78 is 12.7. The monoisotopic (exact) mass is 269 g/mol. The SMILES string of the molecule is O=[N+]([O-])/C=C1\SCCCN1Cc1ccc(F)nc1. The van der Waals surface area contributed by atoms with Crippen molar-refractivity contribution in [2.75, 3.05) is 12.3 Å². The molecule has 0 spiro atoms. The minimum atomic E-state index is -0.521. The Kier molecular flexibility index (Phi) is 4.14. The lowest BCUT2D eigenvalue weighted by Crippen LogP contribution is -2.27. The molecule has 2 rings (SSSR count). The van der Waals surface area contributed by atoms with E-state index in [9.17, 15) is 14.5 Å². The van der Waals surface area contributed by atoms with E-state index in [2.05, 4.69) is 4.98 Å². The molecule has 1 fully saturated rings. The molecule has 18 heavy (non-hydrogen) atoms. The summed E-state index contributed by atoms with van der Waals surface area (Å²) in [5.74, 6) is 0.366. The first kappa shape index (κ1) is 12.8. The highest BCUT2D eigenvalue weighted by molar-refractivity contribution is 8.03. The molecule has 0 unspecified atom stereocenters. The zero-order valence-corrected chi connectivity index (χ0v) is 10.4. The number of rotatable bonds is 3. The molecule has 0 atom stereocenters. The second-order valence-corrected chi connectivity index (χ2v) is 4.98. The molecular weight excluding hydrogens is 257 g/mol. The van der Waals surface area contributed by atoms with Crippen LogP contribution < -0.4 is 0 Å². The fourth-order valence-corrected chi connectivity index (χ4v) is 2.70. The van der Waals surface area contributed by atoms with Crippen molar-refractivity contribution in [1.29, 1.82) is 0 Å². The quantitative estimate of drug-likeness (QED) is 0.478. The number of nitro groups is 1. The largest absolute Gasteiger partial charge is 0.357 e. The maximum atomic E-state index is 12.7. The van der Waals surface area contributed by atoms with Gasteiger partial charge in [-0.1, -0.05) is 6.07 Å². The van der Waals surface area contributed by atoms with Crippen LogP contribution in [0.4, 0.5) is 4.39 Å². The van der Waals surface area contributed by atoms with Gasteiger partial charge in [-0.15, -0.1) is 11.8 Å². The van der Waals surface area contributed by atoms with Crippen molar-refractivity contribution in [3.05, 3.63) is 51.2 Å². The number of thioether (sulfide) groups is 1. The van der Waals surface area contributed by atoms with Crippen molar-refractivity contribution in [3.8, 4) is 0 Å². The molecule has 1 aliphatic heterocycles. The molecule has 1 aromatic rings. The van der Waals surface area contributed by atoms with Gasteiger partial charge in [0.1, 0.15) is 5.03 Å². The Balaban J connectivity index is 2.10.